The van der Waals surface area contributed by atoms with E-state index in [1.165, 1.54) is 12.1 Å². The smallest absolute Gasteiger partial charge is 0.269 e. The number of imidazole rings is 1. The van der Waals surface area contributed by atoms with Crippen LogP contribution in [0, 0.1) is 10.1 Å². The first-order valence-electron chi connectivity index (χ1n) is 8.09. The Morgan fingerprint density at radius 1 is 1.11 bits per heavy atom. The summed E-state index contributed by atoms with van der Waals surface area (Å²) < 4.78 is 1.64. The first-order chi connectivity index (χ1) is 12.9. The number of nitro benzene ring substituents is 1. The average Bonchev–Trinajstić information content (AvgIpc) is 3.08. The number of nitro groups is 1. The largest absolute Gasteiger partial charge is 0.331 e. The fourth-order valence-corrected chi connectivity index (χ4v) is 2.54. The Balaban J connectivity index is 1.62. The van der Waals surface area contributed by atoms with Gasteiger partial charge in [-0.1, -0.05) is 12.1 Å². The second kappa shape index (κ2) is 7.61. The maximum absolute atomic E-state index is 12.4. The SMILES string of the molecule is Cn1ccnc1C(=O)c1ccc(NC(=O)Cc2ccc([N+](=O)[O-])cc2)cc1. The van der Waals surface area contributed by atoms with Gasteiger partial charge < -0.3 is 9.88 Å². The lowest BCUT2D eigenvalue weighted by atomic mass is 10.1. The van der Waals surface area contributed by atoms with Gasteiger partial charge in [0.1, 0.15) is 0 Å². The molecule has 0 radical (unpaired) electrons. The molecule has 0 aliphatic heterocycles. The minimum absolute atomic E-state index is 0.0212. The predicted molar refractivity (Wildman–Crippen MR) is 98.5 cm³/mol. The molecule has 1 heterocycles. The minimum atomic E-state index is -0.488. The van der Waals surface area contributed by atoms with E-state index in [-0.39, 0.29) is 23.8 Å². The van der Waals surface area contributed by atoms with Crippen LogP contribution in [0.4, 0.5) is 11.4 Å². The number of aryl methyl sites for hydroxylation is 1. The number of amides is 1. The highest BCUT2D eigenvalue weighted by molar-refractivity contribution is 6.07. The van der Waals surface area contributed by atoms with E-state index in [4.69, 9.17) is 0 Å². The summed E-state index contributed by atoms with van der Waals surface area (Å²) in [5.41, 5.74) is 1.67. The molecule has 8 heteroatoms. The van der Waals surface area contributed by atoms with Gasteiger partial charge in [-0.15, -0.1) is 0 Å². The monoisotopic (exact) mass is 364 g/mol. The third-order valence-corrected chi connectivity index (χ3v) is 3.97. The molecule has 0 bridgehead atoms. The molecule has 2 aromatic carbocycles. The van der Waals surface area contributed by atoms with Gasteiger partial charge in [0.25, 0.3) is 5.69 Å². The molecule has 0 aliphatic rings. The van der Waals surface area contributed by atoms with Gasteiger partial charge in [0.05, 0.1) is 11.3 Å². The topological polar surface area (TPSA) is 107 Å². The molecule has 0 unspecified atom stereocenters. The second-order valence-corrected chi connectivity index (χ2v) is 5.92. The van der Waals surface area contributed by atoms with Crippen molar-refractivity contribution in [3.05, 3.63) is 88.0 Å². The van der Waals surface area contributed by atoms with Crippen molar-refractivity contribution in [2.75, 3.05) is 5.32 Å². The van der Waals surface area contributed by atoms with Crippen LogP contribution in [0.2, 0.25) is 0 Å². The number of nitrogens with zero attached hydrogens (tertiary/aromatic N) is 3. The van der Waals surface area contributed by atoms with E-state index in [1.54, 1.807) is 60.4 Å². The Kier molecular flexibility index (Phi) is 5.07. The molecule has 1 aromatic heterocycles. The molecule has 27 heavy (non-hydrogen) atoms. The van der Waals surface area contributed by atoms with E-state index in [1.807, 2.05) is 0 Å². The molecular formula is C19H16N4O4. The molecule has 8 nitrogen and oxygen atoms in total. The quantitative estimate of drug-likeness (QED) is 0.411. The van der Waals surface area contributed by atoms with Crippen molar-refractivity contribution < 1.29 is 14.5 Å². The molecule has 0 fully saturated rings. The van der Waals surface area contributed by atoms with E-state index >= 15 is 0 Å². The molecule has 1 amide bonds. The number of non-ortho nitro benzene ring substituents is 1. The van der Waals surface area contributed by atoms with Crippen LogP contribution in [0.1, 0.15) is 21.7 Å². The number of nitrogens with one attached hydrogen (secondary N) is 1. The number of ketones is 1. The lowest BCUT2D eigenvalue weighted by Crippen LogP contribution is -2.14. The molecule has 0 aliphatic carbocycles. The van der Waals surface area contributed by atoms with Gasteiger partial charge in [-0.3, -0.25) is 19.7 Å². The van der Waals surface area contributed by atoms with Gasteiger partial charge in [-0.2, -0.15) is 0 Å². The Morgan fingerprint density at radius 3 is 2.33 bits per heavy atom. The van der Waals surface area contributed by atoms with Gasteiger partial charge in [0, 0.05) is 42.8 Å². The highest BCUT2D eigenvalue weighted by Crippen LogP contribution is 2.15. The second-order valence-electron chi connectivity index (χ2n) is 5.92. The summed E-state index contributed by atoms with van der Waals surface area (Å²) in [5, 5.41) is 13.4. The van der Waals surface area contributed by atoms with Crippen molar-refractivity contribution in [2.24, 2.45) is 7.05 Å². The summed E-state index contributed by atoms with van der Waals surface area (Å²) in [7, 11) is 1.74. The lowest BCUT2D eigenvalue weighted by Gasteiger charge is -2.07. The fourth-order valence-electron chi connectivity index (χ4n) is 2.54. The van der Waals surface area contributed by atoms with Crippen LogP contribution < -0.4 is 5.32 Å². The maximum atomic E-state index is 12.4. The van der Waals surface area contributed by atoms with E-state index in [2.05, 4.69) is 10.3 Å². The fraction of sp³-hybridized carbons (Fsp3) is 0.105. The van der Waals surface area contributed by atoms with Crippen LogP contribution in [0.15, 0.2) is 60.9 Å². The average molecular weight is 364 g/mol. The number of carbonyl (C=O) groups excluding carboxylic acids is 2. The summed E-state index contributed by atoms with van der Waals surface area (Å²) in [6.07, 6.45) is 3.34. The van der Waals surface area contributed by atoms with Crippen molar-refractivity contribution in [1.82, 2.24) is 9.55 Å². The van der Waals surface area contributed by atoms with E-state index < -0.39 is 4.92 Å². The summed E-state index contributed by atoms with van der Waals surface area (Å²) >= 11 is 0. The molecule has 3 rings (SSSR count). The molecule has 0 saturated carbocycles. The highest BCUT2D eigenvalue weighted by Gasteiger charge is 2.14. The number of aromatic nitrogens is 2. The van der Waals surface area contributed by atoms with E-state index in [0.717, 1.165) is 0 Å². The van der Waals surface area contributed by atoms with Crippen molar-refractivity contribution in [2.45, 2.75) is 6.42 Å². The van der Waals surface area contributed by atoms with Gasteiger partial charge in [0.2, 0.25) is 11.7 Å². The standard InChI is InChI=1S/C19H16N4O4/c1-22-11-10-20-19(22)18(25)14-4-6-15(7-5-14)21-17(24)12-13-2-8-16(9-3-13)23(26)27/h2-11H,12H2,1H3,(H,21,24). The predicted octanol–water partition coefficient (Wildman–Crippen LogP) is 2.74. The first kappa shape index (κ1) is 18.0. The maximum Gasteiger partial charge on any atom is 0.269 e. The zero-order valence-electron chi connectivity index (χ0n) is 14.5. The highest BCUT2D eigenvalue weighted by atomic mass is 16.6. The van der Waals surface area contributed by atoms with Gasteiger partial charge in [-0.25, -0.2) is 4.98 Å². The van der Waals surface area contributed by atoms with Gasteiger partial charge >= 0.3 is 0 Å². The third-order valence-electron chi connectivity index (χ3n) is 3.97. The molecule has 136 valence electrons. The first-order valence-corrected chi connectivity index (χ1v) is 8.09. The van der Waals surface area contributed by atoms with Gasteiger partial charge in [0.15, 0.2) is 5.82 Å². The van der Waals surface area contributed by atoms with E-state index in [9.17, 15) is 19.7 Å². The lowest BCUT2D eigenvalue weighted by molar-refractivity contribution is -0.384. The number of benzene rings is 2. The Hall–Kier alpha value is -3.81. The molecule has 0 saturated heterocycles. The number of hydrogen-bond acceptors (Lipinski definition) is 5. The number of carbonyl (C=O) groups is 2. The van der Waals surface area contributed by atoms with Crippen LogP contribution in [-0.4, -0.2) is 26.2 Å². The zero-order chi connectivity index (χ0) is 19.4. The third kappa shape index (κ3) is 4.24. The number of rotatable bonds is 6. The van der Waals surface area contributed by atoms with Crippen LogP contribution in [0.5, 0.6) is 0 Å². The van der Waals surface area contributed by atoms with Crippen molar-refractivity contribution in [3.8, 4) is 0 Å². The number of anilines is 1. The molecule has 0 spiro atoms. The summed E-state index contributed by atoms with van der Waals surface area (Å²) in [6.45, 7) is 0. The molecule has 0 atom stereocenters. The minimum Gasteiger partial charge on any atom is -0.331 e. The van der Waals surface area contributed by atoms with E-state index in [0.29, 0.717) is 22.6 Å². The Bertz CT molecular complexity index is 991. The molecular weight excluding hydrogens is 348 g/mol. The Labute approximate surface area is 154 Å². The van der Waals surface area contributed by atoms with Crippen LogP contribution in [0.25, 0.3) is 0 Å². The summed E-state index contributed by atoms with van der Waals surface area (Å²) in [5.74, 6) is -0.122. The normalized spacial score (nSPS) is 10.4. The van der Waals surface area contributed by atoms with Crippen LogP contribution in [0.3, 0.4) is 0 Å². The van der Waals surface area contributed by atoms with Crippen LogP contribution >= 0.6 is 0 Å². The van der Waals surface area contributed by atoms with Gasteiger partial charge in [-0.05, 0) is 29.8 Å². The Morgan fingerprint density at radius 2 is 1.78 bits per heavy atom. The summed E-state index contributed by atoms with van der Waals surface area (Å²) in [6, 6.07) is 12.4. The zero-order valence-corrected chi connectivity index (χ0v) is 14.5. The van der Waals surface area contributed by atoms with Crippen molar-refractivity contribution in [3.63, 3.8) is 0 Å². The molecule has 3 aromatic rings. The summed E-state index contributed by atoms with van der Waals surface area (Å²) in [4.78, 5) is 38.7. The number of hydrogen-bond donors (Lipinski definition) is 1. The van der Waals surface area contributed by atoms with Crippen molar-refractivity contribution >= 4 is 23.1 Å². The van der Waals surface area contributed by atoms with Crippen molar-refractivity contribution in [1.29, 1.82) is 0 Å². The molecule has 1 N–H and O–H groups in total. The van der Waals surface area contributed by atoms with Crippen LogP contribution in [-0.2, 0) is 18.3 Å².